The van der Waals surface area contributed by atoms with Gasteiger partial charge in [-0.1, -0.05) is 26.8 Å². The van der Waals surface area contributed by atoms with Gasteiger partial charge in [0, 0.05) is 13.1 Å². The molecule has 6 nitrogen and oxygen atoms in total. The topological polar surface area (TPSA) is 70.1 Å². The summed E-state index contributed by atoms with van der Waals surface area (Å²) in [5.74, 6) is 0. The van der Waals surface area contributed by atoms with Crippen molar-refractivity contribution >= 4 is 17.1 Å². The average Bonchev–Trinajstić information content (AvgIpc) is 2.88. The van der Waals surface area contributed by atoms with E-state index in [0.717, 1.165) is 38.0 Å². The Kier molecular flexibility index (Phi) is 5.98. The first-order valence-electron chi connectivity index (χ1n) is 8.34. The van der Waals surface area contributed by atoms with E-state index in [9.17, 15) is 9.59 Å². The minimum Gasteiger partial charge on any atom is -0.337 e. The Morgan fingerprint density at radius 2 is 2.00 bits per heavy atom. The average molecular weight is 318 g/mol. The summed E-state index contributed by atoms with van der Waals surface area (Å²) in [7, 11) is 0. The van der Waals surface area contributed by atoms with Crippen molar-refractivity contribution in [1.82, 2.24) is 19.8 Å². The van der Waals surface area contributed by atoms with E-state index in [1.807, 2.05) is 25.1 Å². The molecule has 0 saturated carbocycles. The predicted molar refractivity (Wildman–Crippen MR) is 93.1 cm³/mol. The Hall–Kier alpha value is -2.08. The van der Waals surface area contributed by atoms with Gasteiger partial charge in [0.1, 0.15) is 0 Å². The van der Waals surface area contributed by atoms with Gasteiger partial charge in [0.05, 0.1) is 11.0 Å². The van der Waals surface area contributed by atoms with E-state index in [0.29, 0.717) is 17.6 Å². The van der Waals surface area contributed by atoms with Crippen LogP contribution in [0.5, 0.6) is 0 Å². The molecule has 1 amide bonds. The second-order valence-corrected chi connectivity index (χ2v) is 5.63. The van der Waals surface area contributed by atoms with Crippen LogP contribution in [-0.4, -0.2) is 46.7 Å². The van der Waals surface area contributed by atoms with Crippen LogP contribution in [-0.2, 0) is 6.42 Å². The number of rotatable bonds is 7. The second kappa shape index (κ2) is 7.97. The lowest BCUT2D eigenvalue weighted by atomic mass is 10.1. The molecule has 6 heteroatoms. The third kappa shape index (κ3) is 4.01. The maximum absolute atomic E-state index is 12.2. The van der Waals surface area contributed by atoms with Crippen molar-refractivity contribution in [2.24, 2.45) is 0 Å². The number of imidazole rings is 1. The highest BCUT2D eigenvalue weighted by atomic mass is 16.2. The number of hydrogen-bond acceptors (Lipinski definition) is 3. The largest absolute Gasteiger partial charge is 0.337 e. The van der Waals surface area contributed by atoms with Gasteiger partial charge in [-0.2, -0.15) is 0 Å². The second-order valence-electron chi connectivity index (χ2n) is 5.63. The molecule has 23 heavy (non-hydrogen) atoms. The van der Waals surface area contributed by atoms with Crippen molar-refractivity contribution in [1.29, 1.82) is 0 Å². The highest BCUT2D eigenvalue weighted by Gasteiger charge is 2.14. The van der Waals surface area contributed by atoms with Crippen molar-refractivity contribution in [3.63, 3.8) is 0 Å². The van der Waals surface area contributed by atoms with E-state index >= 15 is 0 Å². The molecule has 1 aromatic heterocycles. The molecule has 1 aromatic carbocycles. The molecule has 0 atom stereocenters. The number of fused-ring (bicyclic) bond motifs is 1. The molecule has 126 valence electrons. The monoisotopic (exact) mass is 318 g/mol. The summed E-state index contributed by atoms with van der Waals surface area (Å²) in [5.41, 5.74) is 2.06. The first-order valence-corrected chi connectivity index (χ1v) is 8.34. The lowest BCUT2D eigenvalue weighted by Gasteiger charge is -2.17. The Bertz CT molecular complexity index is 713. The molecule has 0 bridgehead atoms. The van der Waals surface area contributed by atoms with Crippen LogP contribution >= 0.6 is 0 Å². The van der Waals surface area contributed by atoms with Gasteiger partial charge in [-0.25, -0.2) is 14.2 Å². The molecule has 2 N–H and O–H groups in total. The smallest absolute Gasteiger partial charge is 0.334 e. The van der Waals surface area contributed by atoms with Gasteiger partial charge in [-0.05, 0) is 43.6 Å². The van der Waals surface area contributed by atoms with Gasteiger partial charge in [0.25, 0.3) is 0 Å². The van der Waals surface area contributed by atoms with E-state index in [1.54, 1.807) is 0 Å². The van der Waals surface area contributed by atoms with Gasteiger partial charge in [-0.3, -0.25) is 0 Å². The van der Waals surface area contributed by atoms with E-state index in [4.69, 9.17) is 0 Å². The number of H-pyrrole nitrogens is 1. The Morgan fingerprint density at radius 1 is 1.26 bits per heavy atom. The molecule has 1 heterocycles. The fraction of sp³-hybridized carbons (Fsp3) is 0.529. The summed E-state index contributed by atoms with van der Waals surface area (Å²) in [6.07, 6.45) is 1.73. The fourth-order valence-electron chi connectivity index (χ4n) is 2.64. The Balaban J connectivity index is 2.27. The lowest BCUT2D eigenvalue weighted by Crippen LogP contribution is -2.35. The summed E-state index contributed by atoms with van der Waals surface area (Å²) in [6.45, 7) is 9.83. The first kappa shape index (κ1) is 17.3. The fourth-order valence-corrected chi connectivity index (χ4v) is 2.64. The zero-order valence-electron chi connectivity index (χ0n) is 14.2. The number of benzene rings is 1. The SMILES string of the molecule is CCCNC(=O)n1c(=O)[nH]c2ccc(CCN(CC)CC)cc21. The van der Waals surface area contributed by atoms with Crippen LogP contribution in [0, 0.1) is 0 Å². The zero-order valence-corrected chi connectivity index (χ0v) is 14.2. The van der Waals surface area contributed by atoms with Crippen molar-refractivity contribution in [2.45, 2.75) is 33.6 Å². The molecule has 2 rings (SSSR count). The highest BCUT2D eigenvalue weighted by Crippen LogP contribution is 2.14. The van der Waals surface area contributed by atoms with Crippen LogP contribution < -0.4 is 11.0 Å². The summed E-state index contributed by atoms with van der Waals surface area (Å²) < 4.78 is 1.19. The Morgan fingerprint density at radius 3 is 2.65 bits per heavy atom. The van der Waals surface area contributed by atoms with Gasteiger partial charge >= 0.3 is 11.7 Å². The number of nitrogens with one attached hydrogen (secondary N) is 2. The number of likely N-dealkylation sites (N-methyl/N-ethyl adjacent to an activating group) is 1. The van der Waals surface area contributed by atoms with E-state index < -0.39 is 5.69 Å². The normalized spacial score (nSPS) is 11.3. The highest BCUT2D eigenvalue weighted by molar-refractivity contribution is 5.89. The number of nitrogens with zero attached hydrogens (tertiary/aromatic N) is 2. The van der Waals surface area contributed by atoms with Crippen molar-refractivity contribution in [2.75, 3.05) is 26.2 Å². The van der Waals surface area contributed by atoms with Crippen molar-refractivity contribution in [3.05, 3.63) is 34.2 Å². The minimum atomic E-state index is -0.394. The molecule has 0 unspecified atom stereocenters. The molecule has 0 saturated heterocycles. The van der Waals surface area contributed by atoms with Crippen LogP contribution in [0.1, 0.15) is 32.8 Å². The van der Waals surface area contributed by atoms with E-state index in [1.165, 1.54) is 4.57 Å². The number of carbonyl (C=O) groups excluding carboxylic acids is 1. The summed E-state index contributed by atoms with van der Waals surface area (Å²) in [4.78, 5) is 29.3. The number of aromatic nitrogens is 2. The summed E-state index contributed by atoms with van der Waals surface area (Å²) >= 11 is 0. The maximum Gasteiger partial charge on any atom is 0.334 e. The van der Waals surface area contributed by atoms with Crippen molar-refractivity contribution < 1.29 is 4.79 Å². The van der Waals surface area contributed by atoms with Crippen LogP contribution in [0.25, 0.3) is 11.0 Å². The van der Waals surface area contributed by atoms with E-state index in [-0.39, 0.29) is 6.03 Å². The zero-order chi connectivity index (χ0) is 16.8. The molecule has 0 radical (unpaired) electrons. The lowest BCUT2D eigenvalue weighted by molar-refractivity contribution is 0.242. The third-order valence-corrected chi connectivity index (χ3v) is 4.09. The molecule has 0 aliphatic heterocycles. The molecular weight excluding hydrogens is 292 g/mol. The van der Waals surface area contributed by atoms with Gasteiger partial charge in [0.15, 0.2) is 0 Å². The minimum absolute atomic E-state index is 0.371. The van der Waals surface area contributed by atoms with E-state index in [2.05, 4.69) is 29.0 Å². The number of carbonyl (C=O) groups is 1. The van der Waals surface area contributed by atoms with Gasteiger partial charge < -0.3 is 15.2 Å². The summed E-state index contributed by atoms with van der Waals surface area (Å²) in [5, 5.41) is 2.75. The standard InChI is InChI=1S/C17H26N4O2/c1-4-10-18-16(22)21-15-12-13(9-11-20(5-2)6-3)7-8-14(15)19-17(21)23/h7-8,12H,4-6,9-11H2,1-3H3,(H,18,22)(H,19,23). The summed E-state index contributed by atoms with van der Waals surface area (Å²) in [6, 6.07) is 5.44. The van der Waals surface area contributed by atoms with Crippen LogP contribution in [0.3, 0.4) is 0 Å². The number of amides is 1. The van der Waals surface area contributed by atoms with Crippen LogP contribution in [0.4, 0.5) is 4.79 Å². The van der Waals surface area contributed by atoms with Crippen LogP contribution in [0.2, 0.25) is 0 Å². The van der Waals surface area contributed by atoms with Crippen molar-refractivity contribution in [3.8, 4) is 0 Å². The van der Waals surface area contributed by atoms with Gasteiger partial charge in [-0.15, -0.1) is 0 Å². The van der Waals surface area contributed by atoms with Crippen LogP contribution in [0.15, 0.2) is 23.0 Å². The Labute approximate surface area is 136 Å². The quantitative estimate of drug-likeness (QED) is 0.822. The van der Waals surface area contributed by atoms with Gasteiger partial charge in [0.2, 0.25) is 0 Å². The number of hydrogen-bond donors (Lipinski definition) is 2. The number of aromatic amines is 1. The molecule has 2 aromatic rings. The first-order chi connectivity index (χ1) is 11.1. The predicted octanol–water partition coefficient (Wildman–Crippen LogP) is 2.18. The molecule has 0 aliphatic rings. The molecule has 0 aliphatic carbocycles. The maximum atomic E-state index is 12.2. The third-order valence-electron chi connectivity index (χ3n) is 4.09. The molecular formula is C17H26N4O2. The molecule has 0 spiro atoms. The molecule has 0 fully saturated rings.